The third-order valence-corrected chi connectivity index (χ3v) is 4.08. The molecule has 12 heavy (non-hydrogen) atoms. The van der Waals surface area contributed by atoms with E-state index in [1.807, 2.05) is 11.3 Å². The predicted molar refractivity (Wildman–Crippen MR) is 67.0 cm³/mol. The molecule has 2 rings (SSSR count). The molecule has 0 unspecified atom stereocenters. The first-order valence-electron chi connectivity index (χ1n) is 3.52. The van der Waals surface area contributed by atoms with Crippen LogP contribution in [0.15, 0.2) is 22.7 Å². The molecule has 1 aromatic heterocycles. The van der Waals surface area contributed by atoms with E-state index in [9.17, 15) is 0 Å². The molecule has 0 N–H and O–H groups in total. The molecule has 2 aromatic rings. The van der Waals surface area contributed by atoms with E-state index >= 15 is 0 Å². The lowest BCUT2D eigenvalue weighted by atomic mass is 10.2. The molecule has 0 saturated heterocycles. The average Bonchev–Trinajstić information content (AvgIpc) is 2.29. The Morgan fingerprint density at radius 3 is 2.83 bits per heavy atom. The topological polar surface area (TPSA) is 0 Å². The van der Waals surface area contributed by atoms with Crippen LogP contribution in [-0.2, 0) is 0 Å². The fourth-order valence-electron chi connectivity index (χ4n) is 1.24. The Hall–Kier alpha value is 0.390. The first-order valence-corrected chi connectivity index (χ1v) is 6.21. The minimum Gasteiger partial charge on any atom is -0.129 e. The quantitative estimate of drug-likeness (QED) is 0.609. The Kier molecular flexibility index (Phi) is 2.44. The van der Waals surface area contributed by atoms with Gasteiger partial charge in [0.05, 0.1) is 2.88 Å². The first kappa shape index (κ1) is 8.97. The van der Waals surface area contributed by atoms with E-state index in [1.54, 1.807) is 0 Å². The minimum absolute atomic E-state index is 1.17. The molecule has 0 aliphatic rings. The number of thiophene rings is 1. The lowest BCUT2D eigenvalue weighted by Crippen LogP contribution is -1.72. The summed E-state index contributed by atoms with van der Waals surface area (Å²) in [6.07, 6.45) is 0. The fourth-order valence-corrected chi connectivity index (χ4v) is 3.89. The number of hydrogen-bond donors (Lipinski definition) is 0. The molecule has 1 aromatic carbocycles. The van der Waals surface area contributed by atoms with E-state index < -0.39 is 0 Å². The molecule has 0 aliphatic heterocycles. The summed E-state index contributed by atoms with van der Waals surface area (Å²) < 4.78 is 3.89. The molecular weight excluding hydrogens is 347 g/mol. The summed E-state index contributed by atoms with van der Waals surface area (Å²) in [6.45, 7) is 2.15. The van der Waals surface area contributed by atoms with Crippen molar-refractivity contribution in [3.05, 3.63) is 31.1 Å². The van der Waals surface area contributed by atoms with Crippen molar-refractivity contribution in [3.8, 4) is 0 Å². The van der Waals surface area contributed by atoms with Gasteiger partial charge in [-0.05, 0) is 58.7 Å². The third-order valence-electron chi connectivity index (χ3n) is 1.78. The molecule has 62 valence electrons. The van der Waals surface area contributed by atoms with E-state index in [2.05, 4.69) is 63.6 Å². The molecule has 0 nitrogen and oxygen atoms in total. The molecule has 1 heterocycles. The highest BCUT2D eigenvalue weighted by Gasteiger charge is 2.02. The van der Waals surface area contributed by atoms with Gasteiger partial charge >= 0.3 is 0 Å². The van der Waals surface area contributed by atoms with Crippen LogP contribution in [0.4, 0.5) is 0 Å². The average molecular weight is 353 g/mol. The lowest BCUT2D eigenvalue weighted by molar-refractivity contribution is 1.52. The monoisotopic (exact) mass is 352 g/mol. The van der Waals surface area contributed by atoms with Crippen molar-refractivity contribution in [2.75, 3.05) is 0 Å². The zero-order chi connectivity index (χ0) is 8.72. The third kappa shape index (κ3) is 1.54. The van der Waals surface area contributed by atoms with Gasteiger partial charge in [-0.25, -0.2) is 0 Å². The molecule has 0 aliphatic carbocycles. The number of halogens is 2. The molecule has 0 spiro atoms. The molecule has 3 heteroatoms. The van der Waals surface area contributed by atoms with Crippen molar-refractivity contribution < 1.29 is 0 Å². The number of fused-ring (bicyclic) bond motifs is 1. The van der Waals surface area contributed by atoms with Gasteiger partial charge in [0.25, 0.3) is 0 Å². The Bertz CT molecular complexity index is 433. The fraction of sp³-hybridized carbons (Fsp3) is 0.111. The van der Waals surface area contributed by atoms with Crippen LogP contribution in [0.5, 0.6) is 0 Å². The molecule has 0 atom stereocenters. The summed E-state index contributed by atoms with van der Waals surface area (Å²) in [7, 11) is 0. The normalized spacial score (nSPS) is 10.9. The summed E-state index contributed by atoms with van der Waals surface area (Å²) >= 11 is 7.70. The first-order chi connectivity index (χ1) is 5.66. The van der Waals surface area contributed by atoms with Crippen molar-refractivity contribution in [2.45, 2.75) is 6.92 Å². The molecule has 0 bridgehead atoms. The number of benzene rings is 1. The summed E-state index contributed by atoms with van der Waals surface area (Å²) in [6, 6.07) is 6.57. The van der Waals surface area contributed by atoms with Gasteiger partial charge < -0.3 is 0 Å². The van der Waals surface area contributed by atoms with Gasteiger partial charge in [0, 0.05) is 9.17 Å². The highest BCUT2D eigenvalue weighted by atomic mass is 127. The van der Waals surface area contributed by atoms with Crippen LogP contribution >= 0.6 is 49.9 Å². The number of rotatable bonds is 0. The molecule has 0 amide bonds. The van der Waals surface area contributed by atoms with E-state index in [4.69, 9.17) is 0 Å². The maximum Gasteiger partial charge on any atom is 0.0666 e. The van der Waals surface area contributed by atoms with Crippen LogP contribution < -0.4 is 0 Å². The molecular formula is C9H6BrIS. The summed E-state index contributed by atoms with van der Waals surface area (Å²) in [5.41, 5.74) is 1.35. The lowest BCUT2D eigenvalue weighted by Gasteiger charge is -1.95. The second-order valence-electron chi connectivity index (χ2n) is 2.69. The SMILES string of the molecule is Cc1cc(Br)cc2sc(I)cc12. The standard InChI is InChI=1S/C9H6BrIS/c1-5-2-6(10)3-8-7(5)4-9(11)12-8/h2-4H,1H3. The Balaban J connectivity index is 2.88. The smallest absolute Gasteiger partial charge is 0.0666 e. The Morgan fingerprint density at radius 1 is 1.33 bits per heavy atom. The van der Waals surface area contributed by atoms with Crippen LogP contribution in [0.1, 0.15) is 5.56 Å². The van der Waals surface area contributed by atoms with E-state index in [0.29, 0.717) is 0 Å². The van der Waals surface area contributed by atoms with Gasteiger partial charge in [-0.2, -0.15) is 0 Å². The summed E-state index contributed by atoms with van der Waals surface area (Å²) in [5.74, 6) is 0. The van der Waals surface area contributed by atoms with Crippen molar-refractivity contribution in [2.24, 2.45) is 0 Å². The van der Waals surface area contributed by atoms with Gasteiger partial charge in [0.2, 0.25) is 0 Å². The second-order valence-corrected chi connectivity index (χ2v) is 6.58. The number of aryl methyl sites for hydroxylation is 1. The van der Waals surface area contributed by atoms with Gasteiger partial charge in [-0.15, -0.1) is 11.3 Å². The minimum atomic E-state index is 1.17. The Morgan fingerprint density at radius 2 is 2.08 bits per heavy atom. The van der Waals surface area contributed by atoms with E-state index in [-0.39, 0.29) is 0 Å². The van der Waals surface area contributed by atoms with Crippen molar-refractivity contribution >= 4 is 59.9 Å². The zero-order valence-electron chi connectivity index (χ0n) is 6.40. The van der Waals surface area contributed by atoms with E-state index in [0.717, 1.165) is 0 Å². The zero-order valence-corrected chi connectivity index (χ0v) is 11.0. The molecule has 0 fully saturated rings. The molecule has 0 saturated carbocycles. The van der Waals surface area contributed by atoms with Crippen LogP contribution in [0.25, 0.3) is 10.1 Å². The maximum absolute atomic E-state index is 3.50. The second kappa shape index (κ2) is 3.27. The van der Waals surface area contributed by atoms with Crippen LogP contribution in [0, 0.1) is 9.81 Å². The predicted octanol–water partition coefficient (Wildman–Crippen LogP) is 4.58. The van der Waals surface area contributed by atoms with Crippen molar-refractivity contribution in [1.82, 2.24) is 0 Å². The summed E-state index contributed by atoms with van der Waals surface area (Å²) in [4.78, 5) is 0. The highest BCUT2D eigenvalue weighted by molar-refractivity contribution is 14.1. The highest BCUT2D eigenvalue weighted by Crippen LogP contribution is 2.31. The largest absolute Gasteiger partial charge is 0.129 e. The Labute approximate surface area is 97.2 Å². The van der Waals surface area contributed by atoms with Gasteiger partial charge in [0.1, 0.15) is 0 Å². The maximum atomic E-state index is 3.50. The molecule has 0 radical (unpaired) electrons. The summed E-state index contributed by atoms with van der Waals surface area (Å²) in [5, 5.41) is 1.38. The van der Waals surface area contributed by atoms with Crippen LogP contribution in [0.3, 0.4) is 0 Å². The van der Waals surface area contributed by atoms with Crippen LogP contribution in [-0.4, -0.2) is 0 Å². The van der Waals surface area contributed by atoms with Gasteiger partial charge in [-0.3, -0.25) is 0 Å². The number of hydrogen-bond acceptors (Lipinski definition) is 1. The van der Waals surface area contributed by atoms with Crippen molar-refractivity contribution in [3.63, 3.8) is 0 Å². The van der Waals surface area contributed by atoms with Gasteiger partial charge in [0.15, 0.2) is 0 Å². The van der Waals surface area contributed by atoms with Crippen LogP contribution in [0.2, 0.25) is 0 Å². The van der Waals surface area contributed by atoms with Gasteiger partial charge in [-0.1, -0.05) is 15.9 Å². The van der Waals surface area contributed by atoms with E-state index in [1.165, 1.54) is 23.0 Å². The van der Waals surface area contributed by atoms with Crippen molar-refractivity contribution in [1.29, 1.82) is 0 Å².